The molecule has 2 heterocycles. The SMILES string of the molecule is Cc1cc(CNS(=O)(=O)c2cc(CO)sc2Br)no1. The first-order valence-electron chi connectivity index (χ1n) is 5.23. The molecule has 2 aromatic rings. The molecule has 2 N–H and O–H groups in total. The van der Waals surface area contributed by atoms with E-state index in [2.05, 4.69) is 25.8 Å². The highest BCUT2D eigenvalue weighted by molar-refractivity contribution is 9.11. The zero-order chi connectivity index (χ0) is 14.0. The summed E-state index contributed by atoms with van der Waals surface area (Å²) >= 11 is 4.36. The van der Waals surface area contributed by atoms with E-state index < -0.39 is 10.0 Å². The Kier molecular flexibility index (Phi) is 4.41. The van der Waals surface area contributed by atoms with Crippen molar-refractivity contribution in [1.82, 2.24) is 9.88 Å². The molecular formula is C10H11BrN2O4S2. The van der Waals surface area contributed by atoms with Gasteiger partial charge in [0, 0.05) is 10.9 Å². The number of aromatic nitrogens is 1. The molecule has 0 fully saturated rings. The summed E-state index contributed by atoms with van der Waals surface area (Å²) in [5, 5.41) is 12.7. The molecule has 0 atom stereocenters. The molecule has 0 saturated carbocycles. The Bertz CT molecular complexity index is 678. The number of rotatable bonds is 5. The topological polar surface area (TPSA) is 92.4 Å². The van der Waals surface area contributed by atoms with Crippen LogP contribution in [0.2, 0.25) is 0 Å². The second-order valence-corrected chi connectivity index (χ2v) is 7.95. The van der Waals surface area contributed by atoms with Crippen molar-refractivity contribution in [3.63, 3.8) is 0 Å². The van der Waals surface area contributed by atoms with Crippen LogP contribution in [0.4, 0.5) is 0 Å². The maximum absolute atomic E-state index is 12.1. The molecule has 0 unspecified atom stereocenters. The highest BCUT2D eigenvalue weighted by Crippen LogP contribution is 2.31. The van der Waals surface area contributed by atoms with Crippen LogP contribution >= 0.6 is 27.3 Å². The van der Waals surface area contributed by atoms with Gasteiger partial charge in [-0.05, 0) is 28.9 Å². The van der Waals surface area contributed by atoms with E-state index in [1.165, 1.54) is 17.4 Å². The van der Waals surface area contributed by atoms with Gasteiger partial charge in [0.1, 0.15) is 10.7 Å². The molecule has 0 amide bonds. The number of aryl methyl sites for hydroxylation is 1. The number of thiophene rings is 1. The van der Waals surface area contributed by atoms with Gasteiger partial charge < -0.3 is 9.63 Å². The minimum atomic E-state index is -3.65. The van der Waals surface area contributed by atoms with Gasteiger partial charge in [0.2, 0.25) is 10.0 Å². The molecule has 0 aliphatic heterocycles. The van der Waals surface area contributed by atoms with Crippen molar-refractivity contribution < 1.29 is 18.0 Å². The van der Waals surface area contributed by atoms with Gasteiger partial charge in [-0.1, -0.05) is 5.16 Å². The summed E-state index contributed by atoms with van der Waals surface area (Å²) in [5.41, 5.74) is 0.509. The van der Waals surface area contributed by atoms with E-state index in [1.54, 1.807) is 13.0 Å². The maximum Gasteiger partial charge on any atom is 0.242 e. The summed E-state index contributed by atoms with van der Waals surface area (Å²) in [6.45, 7) is 1.59. The molecule has 0 aromatic carbocycles. The van der Waals surface area contributed by atoms with E-state index in [9.17, 15) is 8.42 Å². The zero-order valence-corrected chi connectivity index (χ0v) is 13.1. The van der Waals surface area contributed by atoms with Crippen molar-refractivity contribution in [3.05, 3.63) is 32.3 Å². The highest BCUT2D eigenvalue weighted by atomic mass is 79.9. The Balaban J connectivity index is 2.15. The molecule has 2 rings (SSSR count). The fourth-order valence-electron chi connectivity index (χ4n) is 1.41. The molecule has 6 nitrogen and oxygen atoms in total. The maximum atomic E-state index is 12.1. The van der Waals surface area contributed by atoms with E-state index in [-0.39, 0.29) is 18.0 Å². The van der Waals surface area contributed by atoms with E-state index in [4.69, 9.17) is 9.63 Å². The number of aliphatic hydroxyl groups excluding tert-OH is 1. The largest absolute Gasteiger partial charge is 0.391 e. The summed E-state index contributed by atoms with van der Waals surface area (Å²) in [6, 6.07) is 3.09. The molecule has 0 aliphatic carbocycles. The summed E-state index contributed by atoms with van der Waals surface area (Å²) < 4.78 is 31.9. The second kappa shape index (κ2) is 5.71. The van der Waals surface area contributed by atoms with Crippen LogP contribution in [0.25, 0.3) is 0 Å². The fourth-order valence-corrected chi connectivity index (χ4v) is 4.95. The number of halogens is 1. The van der Waals surface area contributed by atoms with Gasteiger partial charge in [-0.3, -0.25) is 0 Å². The molecule has 0 spiro atoms. The van der Waals surface area contributed by atoms with Crippen molar-refractivity contribution in [1.29, 1.82) is 0 Å². The molecule has 104 valence electrons. The molecule has 9 heteroatoms. The van der Waals surface area contributed by atoms with Crippen LogP contribution in [0.1, 0.15) is 16.3 Å². The summed E-state index contributed by atoms with van der Waals surface area (Å²) in [5.74, 6) is 0.619. The normalized spacial score (nSPS) is 11.9. The van der Waals surface area contributed by atoms with Crippen LogP contribution in [-0.2, 0) is 23.2 Å². The predicted molar refractivity (Wildman–Crippen MR) is 73.2 cm³/mol. The lowest BCUT2D eigenvalue weighted by Gasteiger charge is -2.03. The van der Waals surface area contributed by atoms with Gasteiger partial charge in [0.15, 0.2) is 0 Å². The summed E-state index contributed by atoms with van der Waals surface area (Å²) in [6.07, 6.45) is 0. The van der Waals surface area contributed by atoms with Gasteiger partial charge in [-0.2, -0.15) is 0 Å². The quantitative estimate of drug-likeness (QED) is 0.841. The van der Waals surface area contributed by atoms with Gasteiger partial charge in [-0.25, -0.2) is 13.1 Å². The van der Waals surface area contributed by atoms with Crippen molar-refractivity contribution >= 4 is 37.3 Å². The predicted octanol–water partition coefficient (Wildman–Crippen LogP) is 1.78. The van der Waals surface area contributed by atoms with E-state index in [0.717, 1.165) is 0 Å². The standard InChI is InChI=1S/C10H11BrN2O4S2/c1-6-2-7(13-17-6)4-12-19(15,16)9-3-8(5-14)18-10(9)11/h2-3,12,14H,4-5H2,1H3. The van der Waals surface area contributed by atoms with Crippen molar-refractivity contribution in [3.8, 4) is 0 Å². The lowest BCUT2D eigenvalue weighted by Crippen LogP contribution is -2.23. The molecule has 0 saturated heterocycles. The number of sulfonamides is 1. The minimum absolute atomic E-state index is 0.0520. The molecule has 2 aromatic heterocycles. The molecule has 0 bridgehead atoms. The van der Waals surface area contributed by atoms with Crippen LogP contribution < -0.4 is 4.72 Å². The average molecular weight is 367 g/mol. The fraction of sp³-hybridized carbons (Fsp3) is 0.300. The Morgan fingerprint density at radius 2 is 2.26 bits per heavy atom. The van der Waals surface area contributed by atoms with E-state index in [0.29, 0.717) is 20.1 Å². The van der Waals surface area contributed by atoms with Crippen molar-refractivity contribution in [2.45, 2.75) is 25.0 Å². The van der Waals surface area contributed by atoms with Crippen LogP contribution in [-0.4, -0.2) is 18.7 Å². The van der Waals surface area contributed by atoms with E-state index >= 15 is 0 Å². The van der Waals surface area contributed by atoms with E-state index in [1.807, 2.05) is 0 Å². The average Bonchev–Trinajstić information content (AvgIpc) is 2.93. The van der Waals surface area contributed by atoms with Gasteiger partial charge in [0.25, 0.3) is 0 Å². The Labute approximate surface area is 122 Å². The van der Waals surface area contributed by atoms with Crippen molar-refractivity contribution in [2.75, 3.05) is 0 Å². The monoisotopic (exact) mass is 366 g/mol. The molecule has 19 heavy (non-hydrogen) atoms. The number of nitrogens with zero attached hydrogens (tertiary/aromatic N) is 1. The first kappa shape index (κ1) is 14.7. The first-order chi connectivity index (χ1) is 8.92. The minimum Gasteiger partial charge on any atom is -0.391 e. The Hall–Kier alpha value is -0.740. The zero-order valence-electron chi connectivity index (χ0n) is 9.88. The summed E-state index contributed by atoms with van der Waals surface area (Å²) in [7, 11) is -3.65. The first-order valence-corrected chi connectivity index (χ1v) is 8.32. The molecule has 0 aliphatic rings. The van der Waals surface area contributed by atoms with Crippen LogP contribution in [0.5, 0.6) is 0 Å². The van der Waals surface area contributed by atoms with Crippen LogP contribution in [0.3, 0.4) is 0 Å². The molecular weight excluding hydrogens is 356 g/mol. The van der Waals surface area contributed by atoms with Crippen molar-refractivity contribution in [2.24, 2.45) is 0 Å². The van der Waals surface area contributed by atoms with Crippen LogP contribution in [0, 0.1) is 6.92 Å². The Morgan fingerprint density at radius 3 is 2.79 bits per heavy atom. The number of nitrogens with one attached hydrogen (secondary N) is 1. The van der Waals surface area contributed by atoms with Gasteiger partial charge >= 0.3 is 0 Å². The lowest BCUT2D eigenvalue weighted by molar-refractivity contribution is 0.285. The second-order valence-electron chi connectivity index (χ2n) is 3.76. The van der Waals surface area contributed by atoms with Gasteiger partial charge in [-0.15, -0.1) is 11.3 Å². The number of hydrogen-bond acceptors (Lipinski definition) is 6. The number of hydrogen-bond donors (Lipinski definition) is 2. The third-order valence-electron chi connectivity index (χ3n) is 2.27. The van der Waals surface area contributed by atoms with Crippen LogP contribution in [0.15, 0.2) is 25.3 Å². The smallest absolute Gasteiger partial charge is 0.242 e. The third kappa shape index (κ3) is 3.42. The lowest BCUT2D eigenvalue weighted by atomic mass is 10.4. The highest BCUT2D eigenvalue weighted by Gasteiger charge is 2.21. The van der Waals surface area contributed by atoms with Gasteiger partial charge in [0.05, 0.1) is 22.6 Å². The number of aliphatic hydroxyl groups is 1. The summed E-state index contributed by atoms with van der Waals surface area (Å²) in [4.78, 5) is 0.686. The Morgan fingerprint density at radius 1 is 1.53 bits per heavy atom. The third-order valence-corrected chi connectivity index (χ3v) is 5.91. The molecule has 0 radical (unpaired) electrons.